The van der Waals surface area contributed by atoms with E-state index in [9.17, 15) is 4.39 Å². The Bertz CT molecular complexity index is 889. The second kappa shape index (κ2) is 7.38. The number of hydrogen-bond donors (Lipinski definition) is 0. The molecule has 0 saturated carbocycles. The standard InChI is InChI=1S/C21H23FN4/c1-25-14-16(13-23-25)15-26-11-5-10-21(26)20-9-4-7-18(24-20)12-17-6-2-3-8-19(17)22/h2-4,6-9,13-14,21H,5,10-12,15H2,1H3/t21-/m1/s1. The maximum Gasteiger partial charge on any atom is 0.126 e. The van der Waals surface area contributed by atoms with E-state index in [1.807, 2.05) is 42.2 Å². The van der Waals surface area contributed by atoms with Crippen molar-refractivity contribution in [3.63, 3.8) is 0 Å². The van der Waals surface area contributed by atoms with Crippen molar-refractivity contribution in [3.8, 4) is 0 Å². The van der Waals surface area contributed by atoms with E-state index in [4.69, 9.17) is 4.98 Å². The number of likely N-dealkylation sites (tertiary alicyclic amines) is 1. The van der Waals surface area contributed by atoms with Gasteiger partial charge in [-0.1, -0.05) is 24.3 Å². The van der Waals surface area contributed by atoms with Gasteiger partial charge in [-0.05, 0) is 43.1 Å². The van der Waals surface area contributed by atoms with Crippen molar-refractivity contribution in [2.75, 3.05) is 6.54 Å². The van der Waals surface area contributed by atoms with Crippen LogP contribution < -0.4 is 0 Å². The van der Waals surface area contributed by atoms with Crippen molar-refractivity contribution < 1.29 is 4.39 Å². The first kappa shape index (κ1) is 16.9. The number of rotatable bonds is 5. The van der Waals surface area contributed by atoms with E-state index >= 15 is 0 Å². The second-order valence-corrected chi connectivity index (χ2v) is 6.97. The Hall–Kier alpha value is -2.53. The molecule has 134 valence electrons. The first-order chi connectivity index (χ1) is 12.7. The van der Waals surface area contributed by atoms with Gasteiger partial charge in [0, 0.05) is 37.5 Å². The number of hydrogen-bond acceptors (Lipinski definition) is 3. The highest BCUT2D eigenvalue weighted by atomic mass is 19.1. The van der Waals surface area contributed by atoms with Crippen LogP contribution >= 0.6 is 0 Å². The molecule has 1 fully saturated rings. The van der Waals surface area contributed by atoms with Crippen molar-refractivity contribution in [1.29, 1.82) is 0 Å². The van der Waals surface area contributed by atoms with E-state index < -0.39 is 0 Å². The van der Waals surface area contributed by atoms with E-state index in [0.29, 0.717) is 18.0 Å². The molecule has 0 N–H and O–H groups in total. The van der Waals surface area contributed by atoms with Crippen molar-refractivity contribution >= 4 is 0 Å². The van der Waals surface area contributed by atoms with E-state index in [-0.39, 0.29) is 5.82 Å². The highest BCUT2D eigenvalue weighted by Crippen LogP contribution is 2.32. The minimum atomic E-state index is -0.168. The summed E-state index contributed by atoms with van der Waals surface area (Å²) in [5.41, 5.74) is 3.92. The van der Waals surface area contributed by atoms with Crippen LogP contribution in [0.25, 0.3) is 0 Å². The van der Waals surface area contributed by atoms with Crippen LogP contribution in [0.1, 0.15) is 41.4 Å². The van der Waals surface area contributed by atoms with Gasteiger partial charge in [-0.15, -0.1) is 0 Å². The third-order valence-corrected chi connectivity index (χ3v) is 5.01. The molecule has 3 aromatic rings. The molecular formula is C21H23FN4. The Morgan fingerprint density at radius 1 is 1.15 bits per heavy atom. The molecule has 4 nitrogen and oxygen atoms in total. The van der Waals surface area contributed by atoms with Crippen LogP contribution in [-0.2, 0) is 20.0 Å². The highest BCUT2D eigenvalue weighted by molar-refractivity contribution is 5.25. The summed E-state index contributed by atoms with van der Waals surface area (Å²) in [5.74, 6) is -0.168. The van der Waals surface area contributed by atoms with Gasteiger partial charge in [-0.2, -0.15) is 5.10 Å². The number of aryl methyl sites for hydroxylation is 1. The highest BCUT2D eigenvalue weighted by Gasteiger charge is 2.27. The van der Waals surface area contributed by atoms with Crippen LogP contribution in [0.3, 0.4) is 0 Å². The van der Waals surface area contributed by atoms with Crippen LogP contribution in [0, 0.1) is 5.82 Å². The van der Waals surface area contributed by atoms with Crippen LogP contribution in [0.15, 0.2) is 54.9 Å². The van der Waals surface area contributed by atoms with E-state index in [2.05, 4.69) is 22.3 Å². The second-order valence-electron chi connectivity index (χ2n) is 6.97. The summed E-state index contributed by atoms with van der Waals surface area (Å²) in [6, 6.07) is 13.4. The minimum absolute atomic E-state index is 0.168. The van der Waals surface area contributed by atoms with E-state index in [1.54, 1.807) is 6.07 Å². The lowest BCUT2D eigenvalue weighted by atomic mass is 10.1. The molecule has 26 heavy (non-hydrogen) atoms. The molecule has 4 rings (SSSR count). The number of nitrogens with zero attached hydrogens (tertiary/aromatic N) is 4. The third kappa shape index (κ3) is 3.68. The summed E-state index contributed by atoms with van der Waals surface area (Å²) < 4.78 is 15.8. The fraction of sp³-hybridized carbons (Fsp3) is 0.333. The van der Waals surface area contributed by atoms with Gasteiger partial charge in [0.25, 0.3) is 0 Å². The Balaban J connectivity index is 1.52. The van der Waals surface area contributed by atoms with Gasteiger partial charge in [-0.3, -0.25) is 14.6 Å². The Kier molecular flexibility index (Phi) is 4.80. The molecule has 1 atom stereocenters. The summed E-state index contributed by atoms with van der Waals surface area (Å²) in [6.45, 7) is 1.95. The molecule has 2 aromatic heterocycles. The summed E-state index contributed by atoms with van der Waals surface area (Å²) in [5, 5.41) is 4.26. The molecule has 0 spiro atoms. The molecule has 1 aromatic carbocycles. The smallest absolute Gasteiger partial charge is 0.126 e. The third-order valence-electron chi connectivity index (χ3n) is 5.01. The molecular weight excluding hydrogens is 327 g/mol. The zero-order valence-electron chi connectivity index (χ0n) is 15.0. The number of pyridine rings is 1. The van der Waals surface area contributed by atoms with Crippen LogP contribution in [0.2, 0.25) is 0 Å². The van der Waals surface area contributed by atoms with E-state index in [0.717, 1.165) is 30.9 Å². The average molecular weight is 350 g/mol. The lowest BCUT2D eigenvalue weighted by Gasteiger charge is -2.23. The molecule has 0 unspecified atom stereocenters. The molecule has 3 heterocycles. The largest absolute Gasteiger partial charge is 0.290 e. The van der Waals surface area contributed by atoms with Crippen molar-refractivity contribution in [2.24, 2.45) is 7.05 Å². The molecule has 0 radical (unpaired) electrons. The molecule has 0 aliphatic carbocycles. The normalized spacial score (nSPS) is 17.7. The molecule has 1 aliphatic rings. The summed E-state index contributed by atoms with van der Waals surface area (Å²) in [6.07, 6.45) is 6.80. The fourth-order valence-electron chi connectivity index (χ4n) is 3.76. The predicted molar refractivity (Wildman–Crippen MR) is 99.0 cm³/mol. The maximum atomic E-state index is 13.9. The first-order valence-corrected chi connectivity index (χ1v) is 9.10. The minimum Gasteiger partial charge on any atom is -0.290 e. The fourth-order valence-corrected chi connectivity index (χ4v) is 3.76. The zero-order valence-corrected chi connectivity index (χ0v) is 15.0. The number of halogens is 1. The monoisotopic (exact) mass is 350 g/mol. The Morgan fingerprint density at radius 3 is 2.85 bits per heavy atom. The van der Waals surface area contributed by atoms with Crippen molar-refractivity contribution in [3.05, 3.63) is 83.2 Å². The number of aromatic nitrogens is 3. The maximum absolute atomic E-state index is 13.9. The van der Waals surface area contributed by atoms with Gasteiger partial charge in [-0.25, -0.2) is 4.39 Å². The topological polar surface area (TPSA) is 34.0 Å². The van der Waals surface area contributed by atoms with E-state index in [1.165, 1.54) is 18.1 Å². The van der Waals surface area contributed by atoms with Gasteiger partial charge in [0.15, 0.2) is 0 Å². The lowest BCUT2D eigenvalue weighted by molar-refractivity contribution is 0.244. The lowest BCUT2D eigenvalue weighted by Crippen LogP contribution is -2.23. The van der Waals surface area contributed by atoms with Crippen molar-refractivity contribution in [1.82, 2.24) is 19.7 Å². The summed E-state index contributed by atoms with van der Waals surface area (Å²) >= 11 is 0. The zero-order chi connectivity index (χ0) is 17.9. The van der Waals surface area contributed by atoms with Gasteiger partial charge < -0.3 is 0 Å². The van der Waals surface area contributed by atoms with Gasteiger partial charge >= 0.3 is 0 Å². The Labute approximate surface area is 153 Å². The average Bonchev–Trinajstić information content (AvgIpc) is 3.26. The molecule has 5 heteroatoms. The molecule has 1 saturated heterocycles. The Morgan fingerprint density at radius 2 is 2.04 bits per heavy atom. The van der Waals surface area contributed by atoms with Crippen LogP contribution in [0.4, 0.5) is 4.39 Å². The summed E-state index contributed by atoms with van der Waals surface area (Å²) in [4.78, 5) is 7.32. The molecule has 0 amide bonds. The predicted octanol–water partition coefficient (Wildman–Crippen LogP) is 3.88. The first-order valence-electron chi connectivity index (χ1n) is 9.10. The van der Waals surface area contributed by atoms with Crippen LogP contribution in [0.5, 0.6) is 0 Å². The van der Waals surface area contributed by atoms with Gasteiger partial charge in [0.05, 0.1) is 17.9 Å². The SMILES string of the molecule is Cn1cc(CN2CCC[C@@H]2c2cccc(Cc3ccccc3F)n2)cn1. The van der Waals surface area contributed by atoms with Gasteiger partial charge in [0.1, 0.15) is 5.82 Å². The number of benzene rings is 1. The van der Waals surface area contributed by atoms with Crippen LogP contribution in [-0.4, -0.2) is 26.2 Å². The summed E-state index contributed by atoms with van der Waals surface area (Å²) in [7, 11) is 1.94. The van der Waals surface area contributed by atoms with Crippen molar-refractivity contribution in [2.45, 2.75) is 31.8 Å². The molecule has 1 aliphatic heterocycles. The van der Waals surface area contributed by atoms with Gasteiger partial charge in [0.2, 0.25) is 0 Å². The molecule has 0 bridgehead atoms. The quantitative estimate of drug-likeness (QED) is 0.700.